The summed E-state index contributed by atoms with van der Waals surface area (Å²) in [6, 6.07) is 7.41. The Labute approximate surface area is 76.1 Å². The van der Waals surface area contributed by atoms with Crippen LogP contribution in [0.15, 0.2) is 24.3 Å². The fraction of sp³-hybridized carbons (Fsp3) is 0.250. The van der Waals surface area contributed by atoms with Crippen LogP contribution in [0.2, 0.25) is 5.02 Å². The maximum Gasteiger partial charge on any atom is 0.0708 e. The van der Waals surface area contributed by atoms with Crippen LogP contribution in [0.1, 0.15) is 10.9 Å². The first-order chi connectivity index (χ1) is 5.24. The lowest BCUT2D eigenvalue weighted by molar-refractivity contribution is 0.931. The van der Waals surface area contributed by atoms with Crippen molar-refractivity contribution in [1.82, 2.24) is 0 Å². The summed E-state index contributed by atoms with van der Waals surface area (Å²) < 4.78 is 0. The third-order valence-electron chi connectivity index (χ3n) is 1.42. The molecule has 1 nitrogen and oxygen atoms in total. The van der Waals surface area contributed by atoms with Crippen molar-refractivity contribution >= 4 is 23.2 Å². The molecule has 0 saturated heterocycles. The van der Waals surface area contributed by atoms with E-state index in [1.54, 1.807) is 0 Å². The fourth-order valence-corrected chi connectivity index (χ4v) is 1.17. The van der Waals surface area contributed by atoms with Gasteiger partial charge in [0.25, 0.3) is 0 Å². The monoisotopic (exact) mass is 189 g/mol. The number of rotatable bonds is 2. The van der Waals surface area contributed by atoms with Gasteiger partial charge in [-0.3, -0.25) is 0 Å². The second kappa shape index (κ2) is 3.96. The van der Waals surface area contributed by atoms with Crippen LogP contribution in [0.25, 0.3) is 0 Å². The summed E-state index contributed by atoms with van der Waals surface area (Å²) in [6.45, 7) is 0.432. The normalized spacial score (nSPS) is 13.0. The minimum atomic E-state index is -0.131. The van der Waals surface area contributed by atoms with E-state index in [1.807, 2.05) is 24.3 Å². The highest BCUT2D eigenvalue weighted by molar-refractivity contribution is 6.30. The van der Waals surface area contributed by atoms with Gasteiger partial charge in [-0.15, -0.1) is 11.6 Å². The molecule has 0 fully saturated rings. The Hall–Kier alpha value is -0.240. The Balaban J connectivity index is 2.86. The van der Waals surface area contributed by atoms with Crippen LogP contribution in [0.4, 0.5) is 0 Å². The van der Waals surface area contributed by atoms with Crippen LogP contribution in [0.3, 0.4) is 0 Å². The smallest absolute Gasteiger partial charge is 0.0708 e. The summed E-state index contributed by atoms with van der Waals surface area (Å²) in [5, 5.41) is 0.565. The molecule has 0 amide bonds. The summed E-state index contributed by atoms with van der Waals surface area (Å²) in [6.07, 6.45) is 0. The van der Waals surface area contributed by atoms with Crippen LogP contribution >= 0.6 is 23.2 Å². The molecule has 2 N–H and O–H groups in total. The summed E-state index contributed by atoms with van der Waals surface area (Å²) in [5.74, 6) is 0. The molecule has 0 bridgehead atoms. The van der Waals surface area contributed by atoms with Crippen LogP contribution in [-0.4, -0.2) is 6.54 Å². The maximum atomic E-state index is 5.88. The Morgan fingerprint density at radius 2 is 2.18 bits per heavy atom. The zero-order chi connectivity index (χ0) is 8.27. The number of benzene rings is 1. The first kappa shape index (κ1) is 8.85. The summed E-state index contributed by atoms with van der Waals surface area (Å²) >= 11 is 11.6. The molecule has 1 rings (SSSR count). The van der Waals surface area contributed by atoms with Crippen LogP contribution in [0, 0.1) is 0 Å². The standard InChI is InChI=1S/C8H9Cl2N/c9-7-3-1-2-6(4-7)8(10)5-11/h1-4,8H,5,11H2/t8-/m1/s1. The van der Waals surface area contributed by atoms with Crippen LogP contribution < -0.4 is 5.73 Å². The van der Waals surface area contributed by atoms with Crippen molar-refractivity contribution in [2.75, 3.05) is 6.54 Å². The number of hydrogen-bond acceptors (Lipinski definition) is 1. The van der Waals surface area contributed by atoms with E-state index in [0.717, 1.165) is 5.56 Å². The van der Waals surface area contributed by atoms with Crippen molar-refractivity contribution in [3.8, 4) is 0 Å². The first-order valence-corrected chi connectivity index (χ1v) is 4.15. The zero-order valence-corrected chi connectivity index (χ0v) is 7.44. The van der Waals surface area contributed by atoms with Gasteiger partial charge in [-0.25, -0.2) is 0 Å². The third-order valence-corrected chi connectivity index (χ3v) is 2.08. The molecular weight excluding hydrogens is 181 g/mol. The van der Waals surface area contributed by atoms with Crippen molar-refractivity contribution in [3.63, 3.8) is 0 Å². The second-order valence-electron chi connectivity index (χ2n) is 2.26. The molecule has 0 aromatic heterocycles. The number of halogens is 2. The van der Waals surface area contributed by atoms with Gasteiger partial charge in [0, 0.05) is 11.6 Å². The maximum absolute atomic E-state index is 5.88. The molecule has 1 aromatic rings. The van der Waals surface area contributed by atoms with Gasteiger partial charge in [0.2, 0.25) is 0 Å². The molecule has 0 unspecified atom stereocenters. The molecule has 11 heavy (non-hydrogen) atoms. The zero-order valence-electron chi connectivity index (χ0n) is 5.93. The molecule has 3 heteroatoms. The summed E-state index contributed by atoms with van der Waals surface area (Å²) in [4.78, 5) is 0. The highest BCUT2D eigenvalue weighted by atomic mass is 35.5. The number of hydrogen-bond donors (Lipinski definition) is 1. The van der Waals surface area contributed by atoms with E-state index < -0.39 is 0 Å². The Morgan fingerprint density at radius 1 is 1.45 bits per heavy atom. The van der Waals surface area contributed by atoms with Gasteiger partial charge in [0.15, 0.2) is 0 Å². The lowest BCUT2D eigenvalue weighted by Crippen LogP contribution is -2.06. The van der Waals surface area contributed by atoms with Gasteiger partial charge in [0.1, 0.15) is 0 Å². The van der Waals surface area contributed by atoms with Gasteiger partial charge in [-0.2, -0.15) is 0 Å². The van der Waals surface area contributed by atoms with Crippen LogP contribution in [0.5, 0.6) is 0 Å². The molecule has 0 saturated carbocycles. The van der Waals surface area contributed by atoms with E-state index in [1.165, 1.54) is 0 Å². The second-order valence-corrected chi connectivity index (χ2v) is 3.22. The lowest BCUT2D eigenvalue weighted by Gasteiger charge is -2.05. The van der Waals surface area contributed by atoms with E-state index in [9.17, 15) is 0 Å². The molecule has 1 aromatic carbocycles. The molecule has 0 aliphatic heterocycles. The average Bonchev–Trinajstić information content (AvgIpc) is 2.03. The largest absolute Gasteiger partial charge is 0.329 e. The minimum absolute atomic E-state index is 0.131. The molecular formula is C8H9Cl2N. The quantitative estimate of drug-likeness (QED) is 0.712. The van der Waals surface area contributed by atoms with Crippen molar-refractivity contribution in [1.29, 1.82) is 0 Å². The Bertz CT molecular complexity index is 237. The summed E-state index contributed by atoms with van der Waals surface area (Å²) in [5.41, 5.74) is 6.35. The number of nitrogens with two attached hydrogens (primary N) is 1. The van der Waals surface area contributed by atoms with Gasteiger partial charge >= 0.3 is 0 Å². The number of alkyl halides is 1. The predicted octanol–water partition coefficient (Wildman–Crippen LogP) is 2.58. The predicted molar refractivity (Wildman–Crippen MR) is 49.1 cm³/mol. The Kier molecular flexibility index (Phi) is 3.18. The van der Waals surface area contributed by atoms with Crippen molar-refractivity contribution in [2.24, 2.45) is 5.73 Å². The van der Waals surface area contributed by atoms with E-state index in [4.69, 9.17) is 28.9 Å². The van der Waals surface area contributed by atoms with Gasteiger partial charge in [0.05, 0.1) is 5.38 Å². The molecule has 0 radical (unpaired) electrons. The van der Waals surface area contributed by atoms with Crippen LogP contribution in [-0.2, 0) is 0 Å². The Morgan fingerprint density at radius 3 is 2.73 bits per heavy atom. The van der Waals surface area contributed by atoms with Crippen molar-refractivity contribution in [2.45, 2.75) is 5.38 Å². The van der Waals surface area contributed by atoms with Crippen molar-refractivity contribution in [3.05, 3.63) is 34.9 Å². The van der Waals surface area contributed by atoms with E-state index in [0.29, 0.717) is 11.6 Å². The van der Waals surface area contributed by atoms with E-state index in [-0.39, 0.29) is 5.38 Å². The SMILES string of the molecule is NC[C@@H](Cl)c1cccc(Cl)c1. The lowest BCUT2D eigenvalue weighted by atomic mass is 10.1. The van der Waals surface area contributed by atoms with Gasteiger partial charge < -0.3 is 5.73 Å². The molecule has 0 aliphatic rings. The first-order valence-electron chi connectivity index (χ1n) is 3.33. The van der Waals surface area contributed by atoms with Gasteiger partial charge in [-0.1, -0.05) is 23.7 Å². The fourth-order valence-electron chi connectivity index (χ4n) is 0.838. The summed E-state index contributed by atoms with van der Waals surface area (Å²) in [7, 11) is 0. The molecule has 1 atom stereocenters. The highest BCUT2D eigenvalue weighted by Crippen LogP contribution is 2.21. The molecule has 0 heterocycles. The highest BCUT2D eigenvalue weighted by Gasteiger charge is 2.04. The van der Waals surface area contributed by atoms with Crippen molar-refractivity contribution < 1.29 is 0 Å². The minimum Gasteiger partial charge on any atom is -0.329 e. The molecule has 60 valence electrons. The third kappa shape index (κ3) is 2.37. The van der Waals surface area contributed by atoms with E-state index >= 15 is 0 Å². The molecule has 0 spiro atoms. The van der Waals surface area contributed by atoms with Gasteiger partial charge in [-0.05, 0) is 17.7 Å². The topological polar surface area (TPSA) is 26.0 Å². The molecule has 0 aliphatic carbocycles. The average molecular weight is 190 g/mol. The van der Waals surface area contributed by atoms with E-state index in [2.05, 4.69) is 0 Å².